The summed E-state index contributed by atoms with van der Waals surface area (Å²) < 4.78 is 17.1. The average molecular weight is 422 g/mol. The van der Waals surface area contributed by atoms with E-state index in [1.165, 1.54) is 0 Å². The average Bonchev–Trinajstić information content (AvgIpc) is 3.19. The summed E-state index contributed by atoms with van der Waals surface area (Å²) >= 11 is 1.58. The molecule has 30 heavy (non-hydrogen) atoms. The fourth-order valence-electron chi connectivity index (χ4n) is 4.18. The molecule has 4 rings (SSSR count). The molecular formula is C23H23BO5S. The van der Waals surface area contributed by atoms with Gasteiger partial charge in [0.25, 0.3) is 0 Å². The maximum absolute atomic E-state index is 13.0. The van der Waals surface area contributed by atoms with E-state index in [9.17, 15) is 9.59 Å². The van der Waals surface area contributed by atoms with Gasteiger partial charge in [-0.2, -0.15) is 0 Å². The van der Waals surface area contributed by atoms with Crippen molar-refractivity contribution < 1.29 is 23.8 Å². The van der Waals surface area contributed by atoms with Gasteiger partial charge in [-0.3, -0.25) is 9.59 Å². The van der Waals surface area contributed by atoms with Crippen LogP contribution in [0.4, 0.5) is 0 Å². The van der Waals surface area contributed by atoms with E-state index in [0.29, 0.717) is 0 Å². The second kappa shape index (κ2) is 8.86. The van der Waals surface area contributed by atoms with Crippen LogP contribution in [0.5, 0.6) is 0 Å². The van der Waals surface area contributed by atoms with Gasteiger partial charge in [0.2, 0.25) is 0 Å². The lowest BCUT2D eigenvalue weighted by molar-refractivity contribution is -0.162. The van der Waals surface area contributed by atoms with Gasteiger partial charge in [0.1, 0.15) is 32.6 Å². The van der Waals surface area contributed by atoms with E-state index in [-0.39, 0.29) is 36.1 Å². The van der Waals surface area contributed by atoms with Crippen molar-refractivity contribution >= 4 is 31.5 Å². The molecule has 2 aromatic carbocycles. The van der Waals surface area contributed by atoms with Crippen LogP contribution < -0.4 is 0 Å². The summed E-state index contributed by atoms with van der Waals surface area (Å²) in [5.41, 5.74) is 0.785. The first kappa shape index (κ1) is 21.0. The van der Waals surface area contributed by atoms with Crippen LogP contribution in [0.2, 0.25) is 0 Å². The van der Waals surface area contributed by atoms with E-state index >= 15 is 0 Å². The molecule has 2 unspecified atom stereocenters. The van der Waals surface area contributed by atoms with Crippen molar-refractivity contribution in [2.75, 3.05) is 0 Å². The summed E-state index contributed by atoms with van der Waals surface area (Å²) in [6.07, 6.45) is -0.0384. The molecule has 0 aliphatic carbocycles. The molecule has 5 nitrogen and oxygen atoms in total. The van der Waals surface area contributed by atoms with E-state index < -0.39 is 23.5 Å². The van der Waals surface area contributed by atoms with Crippen molar-refractivity contribution in [2.45, 2.75) is 48.7 Å². The monoisotopic (exact) mass is 422 g/mol. The highest BCUT2D eigenvalue weighted by atomic mass is 32.2. The Morgan fingerprint density at radius 3 is 2.17 bits per heavy atom. The highest BCUT2D eigenvalue weighted by Crippen LogP contribution is 2.57. The summed E-state index contributed by atoms with van der Waals surface area (Å²) in [5.74, 6) is -1.41. The number of esters is 2. The maximum Gasteiger partial charge on any atom is 0.313 e. The Morgan fingerprint density at radius 2 is 1.57 bits per heavy atom. The number of carbonyl (C=O) groups excluding carboxylic acids is 2. The first-order chi connectivity index (χ1) is 14.5. The molecule has 2 fully saturated rings. The lowest BCUT2D eigenvalue weighted by Crippen LogP contribution is -2.47. The topological polar surface area (TPSA) is 61.8 Å². The summed E-state index contributed by atoms with van der Waals surface area (Å²) in [6.45, 7) is 2.31. The Balaban J connectivity index is 1.44. The van der Waals surface area contributed by atoms with Crippen LogP contribution >= 0.6 is 11.8 Å². The molecule has 2 bridgehead atoms. The summed E-state index contributed by atoms with van der Waals surface area (Å²) in [6, 6.07) is 18.3. The van der Waals surface area contributed by atoms with Gasteiger partial charge < -0.3 is 14.2 Å². The van der Waals surface area contributed by atoms with E-state index in [0.717, 1.165) is 11.1 Å². The molecule has 154 valence electrons. The molecule has 0 spiro atoms. The van der Waals surface area contributed by atoms with Gasteiger partial charge in [-0.05, 0) is 11.1 Å². The van der Waals surface area contributed by atoms with Crippen LogP contribution in [-0.4, -0.2) is 41.9 Å². The fourth-order valence-corrected chi connectivity index (χ4v) is 5.88. The minimum Gasteiger partial charge on any atom is -0.461 e. The van der Waals surface area contributed by atoms with Gasteiger partial charge in [-0.25, -0.2) is 0 Å². The largest absolute Gasteiger partial charge is 0.461 e. The molecule has 0 saturated carbocycles. The van der Waals surface area contributed by atoms with Crippen molar-refractivity contribution in [3.8, 4) is 0 Å². The molecule has 7 heteroatoms. The zero-order valence-electron chi connectivity index (χ0n) is 16.7. The Morgan fingerprint density at radius 1 is 1.00 bits per heavy atom. The fraction of sp³-hybridized carbons (Fsp3) is 0.391. The number of hydrogen-bond donors (Lipinski definition) is 0. The van der Waals surface area contributed by atoms with Crippen molar-refractivity contribution in [1.29, 1.82) is 0 Å². The zero-order chi connectivity index (χ0) is 21.1. The van der Waals surface area contributed by atoms with Crippen molar-refractivity contribution in [2.24, 2.45) is 5.92 Å². The van der Waals surface area contributed by atoms with Crippen molar-refractivity contribution in [3.05, 3.63) is 71.8 Å². The number of thioether (sulfide) groups is 1. The van der Waals surface area contributed by atoms with Gasteiger partial charge in [0.15, 0.2) is 0 Å². The third-order valence-corrected chi connectivity index (χ3v) is 7.39. The SMILES string of the molecule is [B][C@@H]1O[C@]2(CC(=O)OCc3ccccc3)C(C(=O)OCc3ccccc3)C1S[C@@H]2C. The Bertz CT molecular complexity index is 893. The molecule has 0 N–H and O–H groups in total. The smallest absolute Gasteiger partial charge is 0.313 e. The Labute approximate surface area is 181 Å². The summed E-state index contributed by atoms with van der Waals surface area (Å²) in [7, 11) is 6.14. The standard InChI is InChI=1S/C23H23BO5S/c1-15-23(12-18(25)27-13-16-8-4-2-5-9-16)19(20(30-15)21(24)29-23)22(26)28-14-17-10-6-3-7-11-17/h2-11,15,19-21H,12-14H2,1H3/t15-,19?,20?,21-,23+/m1/s1. The summed E-state index contributed by atoms with van der Waals surface area (Å²) in [5, 5.41) is -0.328. The minimum atomic E-state index is -1.02. The predicted molar refractivity (Wildman–Crippen MR) is 115 cm³/mol. The van der Waals surface area contributed by atoms with Crippen LogP contribution in [0.1, 0.15) is 24.5 Å². The normalized spacial score (nSPS) is 29.5. The van der Waals surface area contributed by atoms with Crippen LogP contribution in [0.3, 0.4) is 0 Å². The molecule has 2 aliphatic rings. The quantitative estimate of drug-likeness (QED) is 0.505. The van der Waals surface area contributed by atoms with E-state index in [2.05, 4.69) is 0 Å². The number of hydrogen-bond acceptors (Lipinski definition) is 6. The van der Waals surface area contributed by atoms with E-state index in [4.69, 9.17) is 22.1 Å². The van der Waals surface area contributed by atoms with Crippen LogP contribution in [0, 0.1) is 5.92 Å². The highest BCUT2D eigenvalue weighted by molar-refractivity contribution is 8.01. The van der Waals surface area contributed by atoms with E-state index in [1.807, 2.05) is 67.6 Å². The number of rotatable bonds is 7. The Hall–Kier alpha value is -2.25. The van der Waals surface area contributed by atoms with Gasteiger partial charge in [-0.1, -0.05) is 67.6 Å². The predicted octanol–water partition coefficient (Wildman–Crippen LogP) is 3.25. The first-order valence-electron chi connectivity index (χ1n) is 9.98. The van der Waals surface area contributed by atoms with Gasteiger partial charge >= 0.3 is 11.9 Å². The molecule has 2 radical (unpaired) electrons. The number of fused-ring (bicyclic) bond motifs is 2. The molecule has 2 saturated heterocycles. The van der Waals surface area contributed by atoms with Gasteiger partial charge in [0.05, 0.1) is 6.42 Å². The third-order valence-electron chi connectivity index (χ3n) is 5.72. The van der Waals surface area contributed by atoms with Gasteiger partial charge in [0, 0.05) is 16.5 Å². The van der Waals surface area contributed by atoms with Crippen LogP contribution in [0.25, 0.3) is 0 Å². The second-order valence-corrected chi connectivity index (χ2v) is 9.20. The molecule has 2 aliphatic heterocycles. The lowest BCUT2D eigenvalue weighted by atomic mass is 9.80. The Kier molecular flexibility index (Phi) is 6.20. The molecule has 2 heterocycles. The maximum atomic E-state index is 13.0. The third kappa shape index (κ3) is 4.14. The molecule has 5 atom stereocenters. The van der Waals surface area contributed by atoms with Crippen LogP contribution in [0.15, 0.2) is 60.7 Å². The van der Waals surface area contributed by atoms with Gasteiger partial charge in [-0.15, -0.1) is 11.8 Å². The van der Waals surface area contributed by atoms with Crippen molar-refractivity contribution in [1.82, 2.24) is 0 Å². The minimum absolute atomic E-state index is 0.0384. The molecule has 2 aromatic rings. The molecule has 0 aromatic heterocycles. The number of carbonyl (C=O) groups is 2. The number of ether oxygens (including phenoxy) is 3. The number of benzene rings is 2. The van der Waals surface area contributed by atoms with Crippen LogP contribution in [-0.2, 0) is 37.0 Å². The second-order valence-electron chi connectivity index (χ2n) is 7.67. The first-order valence-corrected chi connectivity index (χ1v) is 10.9. The van der Waals surface area contributed by atoms with E-state index in [1.54, 1.807) is 11.8 Å². The summed E-state index contributed by atoms with van der Waals surface area (Å²) in [4.78, 5) is 25.7. The van der Waals surface area contributed by atoms with Crippen molar-refractivity contribution in [3.63, 3.8) is 0 Å². The highest BCUT2D eigenvalue weighted by Gasteiger charge is 2.66. The zero-order valence-corrected chi connectivity index (χ0v) is 17.5. The molecular weight excluding hydrogens is 399 g/mol. The molecule has 0 amide bonds. The lowest BCUT2D eigenvalue weighted by Gasteiger charge is -2.35.